The molecule has 1 heterocycles. The van der Waals surface area contributed by atoms with E-state index in [0.717, 1.165) is 18.5 Å². The lowest BCUT2D eigenvalue weighted by Gasteiger charge is -2.18. The molecule has 2 rings (SSSR count). The summed E-state index contributed by atoms with van der Waals surface area (Å²) in [6.45, 7) is 4.11. The Morgan fingerprint density at radius 1 is 1.53 bits per heavy atom. The first kappa shape index (κ1) is 10.6. The summed E-state index contributed by atoms with van der Waals surface area (Å²) in [4.78, 5) is 2.15. The van der Waals surface area contributed by atoms with Crippen molar-refractivity contribution >= 4 is 0 Å². The van der Waals surface area contributed by atoms with Crippen molar-refractivity contribution in [1.29, 1.82) is 0 Å². The van der Waals surface area contributed by atoms with Crippen LogP contribution in [0.15, 0.2) is 24.3 Å². The molecule has 0 aromatic heterocycles. The molecule has 1 aliphatic heterocycles. The Morgan fingerprint density at radius 3 is 2.93 bits per heavy atom. The number of likely N-dealkylation sites (tertiary alicyclic amines) is 1. The highest BCUT2D eigenvalue weighted by Gasteiger charge is 2.30. The van der Waals surface area contributed by atoms with E-state index >= 15 is 0 Å². The highest BCUT2D eigenvalue weighted by molar-refractivity contribution is 5.16. The summed E-state index contributed by atoms with van der Waals surface area (Å²) < 4.78 is 12.9. The Bertz CT molecular complexity index is 351. The fourth-order valence-electron chi connectivity index (χ4n) is 2.07. The van der Waals surface area contributed by atoms with Gasteiger partial charge in [-0.2, -0.15) is 0 Å². The average molecular weight is 209 g/mol. The maximum Gasteiger partial charge on any atom is 0.123 e. The molecule has 1 aromatic rings. The van der Waals surface area contributed by atoms with Crippen molar-refractivity contribution in [2.24, 2.45) is 0 Å². The van der Waals surface area contributed by atoms with Crippen LogP contribution in [0.4, 0.5) is 4.39 Å². The van der Waals surface area contributed by atoms with Gasteiger partial charge < -0.3 is 5.11 Å². The molecule has 1 aliphatic rings. The minimum absolute atomic E-state index is 0.196. The summed E-state index contributed by atoms with van der Waals surface area (Å²) in [5, 5.41) is 9.78. The Balaban J connectivity index is 1.99. The lowest BCUT2D eigenvalue weighted by atomic mass is 10.1. The van der Waals surface area contributed by atoms with Gasteiger partial charge in [-0.25, -0.2) is 4.39 Å². The molecule has 15 heavy (non-hydrogen) atoms. The zero-order valence-corrected chi connectivity index (χ0v) is 8.91. The number of benzene rings is 1. The topological polar surface area (TPSA) is 23.5 Å². The highest BCUT2D eigenvalue weighted by atomic mass is 19.1. The third-order valence-electron chi connectivity index (χ3n) is 2.83. The van der Waals surface area contributed by atoms with Gasteiger partial charge in [-0.1, -0.05) is 12.1 Å². The van der Waals surface area contributed by atoms with E-state index in [1.807, 2.05) is 13.0 Å². The predicted octanol–water partition coefficient (Wildman–Crippen LogP) is 1.78. The van der Waals surface area contributed by atoms with Crippen LogP contribution in [0.3, 0.4) is 0 Å². The maximum atomic E-state index is 12.9. The van der Waals surface area contributed by atoms with Crippen LogP contribution in [0.1, 0.15) is 18.9 Å². The smallest absolute Gasteiger partial charge is 0.123 e. The van der Waals surface area contributed by atoms with Gasteiger partial charge in [0.05, 0.1) is 5.60 Å². The largest absolute Gasteiger partial charge is 0.389 e. The van der Waals surface area contributed by atoms with Gasteiger partial charge in [-0.05, 0) is 31.0 Å². The second-order valence-corrected chi connectivity index (χ2v) is 4.59. The number of hydrogen-bond donors (Lipinski definition) is 1. The van der Waals surface area contributed by atoms with Crippen LogP contribution in [0.25, 0.3) is 0 Å². The van der Waals surface area contributed by atoms with E-state index in [9.17, 15) is 9.50 Å². The van der Waals surface area contributed by atoms with Gasteiger partial charge in [-0.3, -0.25) is 4.90 Å². The average Bonchev–Trinajstić information content (AvgIpc) is 2.45. The Kier molecular flexibility index (Phi) is 2.76. The van der Waals surface area contributed by atoms with Gasteiger partial charge >= 0.3 is 0 Å². The number of rotatable bonds is 2. The zero-order valence-electron chi connectivity index (χ0n) is 8.91. The second kappa shape index (κ2) is 3.91. The minimum atomic E-state index is -0.576. The molecule has 0 amide bonds. The Morgan fingerprint density at radius 2 is 2.33 bits per heavy atom. The number of halogens is 1. The van der Waals surface area contributed by atoms with E-state index < -0.39 is 5.60 Å². The predicted molar refractivity (Wildman–Crippen MR) is 56.9 cm³/mol. The van der Waals surface area contributed by atoms with E-state index in [-0.39, 0.29) is 5.82 Å². The fraction of sp³-hybridized carbons (Fsp3) is 0.500. The molecule has 1 atom stereocenters. The number of hydrogen-bond acceptors (Lipinski definition) is 2. The monoisotopic (exact) mass is 209 g/mol. The molecule has 82 valence electrons. The molecule has 1 saturated heterocycles. The van der Waals surface area contributed by atoms with E-state index in [0.29, 0.717) is 13.1 Å². The second-order valence-electron chi connectivity index (χ2n) is 4.59. The summed E-state index contributed by atoms with van der Waals surface area (Å²) in [5.74, 6) is -0.196. The van der Waals surface area contributed by atoms with Crippen LogP contribution < -0.4 is 0 Å². The van der Waals surface area contributed by atoms with Gasteiger partial charge in [0.2, 0.25) is 0 Å². The van der Waals surface area contributed by atoms with Crippen molar-refractivity contribution in [3.05, 3.63) is 35.6 Å². The van der Waals surface area contributed by atoms with Crippen molar-refractivity contribution in [3.8, 4) is 0 Å². The van der Waals surface area contributed by atoms with Gasteiger partial charge in [0.25, 0.3) is 0 Å². The summed E-state index contributed by atoms with van der Waals surface area (Å²) in [5.41, 5.74) is 0.389. The van der Waals surface area contributed by atoms with E-state index in [1.54, 1.807) is 12.1 Å². The van der Waals surface area contributed by atoms with Crippen LogP contribution in [-0.2, 0) is 6.54 Å². The molecule has 1 N–H and O–H groups in total. The van der Waals surface area contributed by atoms with E-state index in [1.165, 1.54) is 6.07 Å². The van der Waals surface area contributed by atoms with Crippen molar-refractivity contribution in [2.75, 3.05) is 13.1 Å². The van der Waals surface area contributed by atoms with E-state index in [2.05, 4.69) is 4.90 Å². The summed E-state index contributed by atoms with van der Waals surface area (Å²) >= 11 is 0. The molecule has 0 radical (unpaired) electrons. The highest BCUT2D eigenvalue weighted by Crippen LogP contribution is 2.22. The summed E-state index contributed by atoms with van der Waals surface area (Å²) in [6, 6.07) is 6.63. The molecule has 0 spiro atoms. The minimum Gasteiger partial charge on any atom is -0.389 e. The van der Waals surface area contributed by atoms with Crippen LogP contribution in [0.5, 0.6) is 0 Å². The quantitative estimate of drug-likeness (QED) is 0.802. The van der Waals surface area contributed by atoms with Crippen molar-refractivity contribution in [3.63, 3.8) is 0 Å². The fourth-order valence-corrected chi connectivity index (χ4v) is 2.07. The summed E-state index contributed by atoms with van der Waals surface area (Å²) in [7, 11) is 0. The first-order valence-corrected chi connectivity index (χ1v) is 5.24. The van der Waals surface area contributed by atoms with Gasteiger partial charge in [0.1, 0.15) is 5.82 Å². The molecule has 1 fully saturated rings. The lowest BCUT2D eigenvalue weighted by Crippen LogP contribution is -2.29. The lowest BCUT2D eigenvalue weighted by molar-refractivity contribution is 0.0679. The molecule has 1 aromatic carbocycles. The number of aliphatic hydroxyl groups is 1. The van der Waals surface area contributed by atoms with Crippen molar-refractivity contribution < 1.29 is 9.50 Å². The Hall–Kier alpha value is -0.930. The molecule has 1 unspecified atom stereocenters. The van der Waals surface area contributed by atoms with E-state index in [4.69, 9.17) is 0 Å². The SMILES string of the molecule is CC1(O)CCN(Cc2cccc(F)c2)C1. The molecule has 0 saturated carbocycles. The third-order valence-corrected chi connectivity index (χ3v) is 2.83. The van der Waals surface area contributed by atoms with Gasteiger partial charge in [0.15, 0.2) is 0 Å². The van der Waals surface area contributed by atoms with Crippen molar-refractivity contribution in [1.82, 2.24) is 4.90 Å². The third kappa shape index (κ3) is 2.76. The maximum absolute atomic E-state index is 12.9. The molecule has 0 bridgehead atoms. The summed E-state index contributed by atoms with van der Waals surface area (Å²) in [6.07, 6.45) is 0.794. The van der Waals surface area contributed by atoms with Crippen LogP contribution in [0, 0.1) is 5.82 Å². The molecular formula is C12H16FNO. The van der Waals surface area contributed by atoms with Crippen LogP contribution in [-0.4, -0.2) is 28.7 Å². The first-order valence-electron chi connectivity index (χ1n) is 5.24. The molecule has 3 heteroatoms. The number of nitrogens with zero attached hydrogens (tertiary/aromatic N) is 1. The normalized spacial score (nSPS) is 27.1. The van der Waals surface area contributed by atoms with Gasteiger partial charge in [0, 0.05) is 19.6 Å². The van der Waals surface area contributed by atoms with Crippen molar-refractivity contribution in [2.45, 2.75) is 25.5 Å². The zero-order chi connectivity index (χ0) is 10.9. The standard InChI is InChI=1S/C12H16FNO/c1-12(15)5-6-14(9-12)8-10-3-2-4-11(13)7-10/h2-4,7,15H,5-6,8-9H2,1H3. The molecule has 0 aliphatic carbocycles. The first-order chi connectivity index (χ1) is 7.05. The molecule has 2 nitrogen and oxygen atoms in total. The van der Waals surface area contributed by atoms with Gasteiger partial charge in [-0.15, -0.1) is 0 Å². The van der Waals surface area contributed by atoms with Crippen LogP contribution in [0.2, 0.25) is 0 Å². The molecular weight excluding hydrogens is 193 g/mol. The Labute approximate surface area is 89.3 Å². The van der Waals surface area contributed by atoms with Crippen LogP contribution >= 0.6 is 0 Å². The number of β-amino-alcohol motifs (C(OH)–C–C–N with tert-alkyl or cyclic N) is 1.